The fourth-order valence-electron chi connectivity index (χ4n) is 2.21. The standard InChI is InChI=1S/C14H14BrClFN5S/c1-8(17)2-3-9-6-10-13(19-7-11-18-4-5-23-11)20-14(16)21-22(10)12(9)15/h4-6,8H,2-3,7H2,1H3,(H,19,20,21). The van der Waals surface area contributed by atoms with E-state index in [-0.39, 0.29) is 5.28 Å². The lowest BCUT2D eigenvalue weighted by Gasteiger charge is -2.06. The number of thiazole rings is 1. The van der Waals surface area contributed by atoms with Gasteiger partial charge >= 0.3 is 0 Å². The maximum atomic E-state index is 13.1. The van der Waals surface area contributed by atoms with Crippen molar-refractivity contribution in [2.75, 3.05) is 5.32 Å². The first kappa shape index (κ1) is 16.6. The molecular formula is C14H14BrClFN5S. The van der Waals surface area contributed by atoms with E-state index in [0.717, 1.165) is 20.7 Å². The van der Waals surface area contributed by atoms with Crippen LogP contribution in [0.2, 0.25) is 5.28 Å². The summed E-state index contributed by atoms with van der Waals surface area (Å²) in [5, 5.41) is 10.5. The number of hydrogen-bond acceptors (Lipinski definition) is 5. The molecule has 0 bridgehead atoms. The van der Waals surface area contributed by atoms with Gasteiger partial charge in [0.05, 0.1) is 12.7 Å². The highest BCUT2D eigenvalue weighted by Gasteiger charge is 2.15. The van der Waals surface area contributed by atoms with E-state index >= 15 is 0 Å². The van der Waals surface area contributed by atoms with E-state index in [0.29, 0.717) is 25.2 Å². The van der Waals surface area contributed by atoms with Crippen LogP contribution in [0.4, 0.5) is 10.2 Å². The first-order valence-corrected chi connectivity index (χ1v) is 9.09. The Hall–Kier alpha value is -1.25. The molecule has 1 unspecified atom stereocenters. The third-order valence-electron chi connectivity index (χ3n) is 3.32. The van der Waals surface area contributed by atoms with Crippen LogP contribution in [0, 0.1) is 0 Å². The molecule has 5 nitrogen and oxygen atoms in total. The molecule has 0 radical (unpaired) electrons. The van der Waals surface area contributed by atoms with Gasteiger partial charge in [-0.05, 0) is 58.9 Å². The van der Waals surface area contributed by atoms with Crippen LogP contribution in [-0.2, 0) is 13.0 Å². The molecule has 0 amide bonds. The Morgan fingerprint density at radius 2 is 2.35 bits per heavy atom. The highest BCUT2D eigenvalue weighted by atomic mass is 79.9. The predicted octanol–water partition coefficient (Wildman–Crippen LogP) is 4.50. The summed E-state index contributed by atoms with van der Waals surface area (Å²) in [6, 6.07) is 1.95. The van der Waals surface area contributed by atoms with E-state index in [1.54, 1.807) is 29.0 Å². The Balaban J connectivity index is 1.92. The molecule has 0 fully saturated rings. The van der Waals surface area contributed by atoms with Crippen LogP contribution in [-0.4, -0.2) is 25.8 Å². The number of halogens is 3. The summed E-state index contributed by atoms with van der Waals surface area (Å²) in [5.41, 5.74) is 1.77. The van der Waals surface area contributed by atoms with Gasteiger partial charge in [-0.15, -0.1) is 16.4 Å². The monoisotopic (exact) mass is 417 g/mol. The minimum atomic E-state index is -0.845. The van der Waals surface area contributed by atoms with Crippen molar-refractivity contribution in [3.63, 3.8) is 0 Å². The van der Waals surface area contributed by atoms with Gasteiger partial charge in [-0.3, -0.25) is 0 Å². The minimum absolute atomic E-state index is 0.140. The number of anilines is 1. The van der Waals surface area contributed by atoms with E-state index in [9.17, 15) is 4.39 Å². The van der Waals surface area contributed by atoms with Crippen LogP contribution in [0.15, 0.2) is 22.2 Å². The van der Waals surface area contributed by atoms with Crippen molar-refractivity contribution in [3.05, 3.63) is 38.1 Å². The van der Waals surface area contributed by atoms with Gasteiger partial charge in [0.1, 0.15) is 15.1 Å². The van der Waals surface area contributed by atoms with Crippen LogP contribution in [0.25, 0.3) is 5.52 Å². The maximum Gasteiger partial charge on any atom is 0.243 e. The van der Waals surface area contributed by atoms with E-state index < -0.39 is 6.17 Å². The molecule has 0 aliphatic rings. The van der Waals surface area contributed by atoms with Gasteiger partial charge in [-0.2, -0.15) is 4.98 Å². The number of rotatable bonds is 6. The zero-order valence-corrected chi connectivity index (χ0v) is 15.4. The summed E-state index contributed by atoms with van der Waals surface area (Å²) < 4.78 is 15.6. The Morgan fingerprint density at radius 3 is 3.04 bits per heavy atom. The first-order chi connectivity index (χ1) is 11.0. The molecule has 23 heavy (non-hydrogen) atoms. The van der Waals surface area contributed by atoms with Crippen molar-refractivity contribution in [1.29, 1.82) is 0 Å². The molecule has 3 rings (SSSR count). The lowest BCUT2D eigenvalue weighted by Crippen LogP contribution is -2.05. The fourth-order valence-corrected chi connectivity index (χ4v) is 3.51. The molecular weight excluding hydrogens is 405 g/mol. The number of aryl methyl sites for hydroxylation is 1. The summed E-state index contributed by atoms with van der Waals surface area (Å²) in [5.74, 6) is 0.625. The van der Waals surface area contributed by atoms with Crippen LogP contribution in [0.3, 0.4) is 0 Å². The molecule has 0 spiro atoms. The second-order valence-corrected chi connectivity index (χ2v) is 7.15. The molecule has 0 aromatic carbocycles. The average molecular weight is 419 g/mol. The summed E-state index contributed by atoms with van der Waals surface area (Å²) in [7, 11) is 0. The molecule has 9 heteroatoms. The molecule has 3 aromatic heterocycles. The quantitative estimate of drug-likeness (QED) is 0.640. The van der Waals surface area contributed by atoms with E-state index in [4.69, 9.17) is 11.6 Å². The summed E-state index contributed by atoms with van der Waals surface area (Å²) in [6.45, 7) is 2.11. The first-order valence-electron chi connectivity index (χ1n) is 7.04. The number of hydrogen-bond donors (Lipinski definition) is 1. The Morgan fingerprint density at radius 1 is 1.52 bits per heavy atom. The molecule has 122 valence electrons. The third-order valence-corrected chi connectivity index (χ3v) is 5.11. The van der Waals surface area contributed by atoms with Crippen LogP contribution in [0.1, 0.15) is 23.9 Å². The number of nitrogens with one attached hydrogen (secondary N) is 1. The molecule has 0 aliphatic heterocycles. The smallest absolute Gasteiger partial charge is 0.243 e. The lowest BCUT2D eigenvalue weighted by atomic mass is 10.1. The Bertz CT molecular complexity index is 805. The van der Waals surface area contributed by atoms with Gasteiger partial charge in [0.2, 0.25) is 5.28 Å². The third kappa shape index (κ3) is 3.81. The maximum absolute atomic E-state index is 13.1. The van der Waals surface area contributed by atoms with E-state index in [2.05, 4.69) is 36.3 Å². The van der Waals surface area contributed by atoms with Gasteiger partial charge < -0.3 is 5.32 Å². The number of nitrogens with zero attached hydrogens (tertiary/aromatic N) is 4. The Labute approximate surface area is 150 Å². The molecule has 0 saturated carbocycles. The average Bonchev–Trinajstić information content (AvgIpc) is 3.12. The molecule has 3 heterocycles. The molecule has 3 aromatic rings. The van der Waals surface area contributed by atoms with Gasteiger partial charge in [-0.25, -0.2) is 13.9 Å². The predicted molar refractivity (Wildman–Crippen MR) is 94.0 cm³/mol. The molecule has 1 N–H and O–H groups in total. The van der Waals surface area contributed by atoms with Crippen molar-refractivity contribution in [2.24, 2.45) is 0 Å². The Kier molecular flexibility index (Phi) is 5.13. The van der Waals surface area contributed by atoms with Gasteiger partial charge in [0, 0.05) is 11.6 Å². The fraction of sp³-hybridized carbons (Fsp3) is 0.357. The topological polar surface area (TPSA) is 55.1 Å². The normalized spacial score (nSPS) is 12.7. The van der Waals surface area contributed by atoms with Crippen molar-refractivity contribution >= 4 is 50.2 Å². The van der Waals surface area contributed by atoms with E-state index in [1.165, 1.54) is 0 Å². The minimum Gasteiger partial charge on any atom is -0.362 e. The summed E-state index contributed by atoms with van der Waals surface area (Å²) in [6.07, 6.45) is 1.99. The summed E-state index contributed by atoms with van der Waals surface area (Å²) >= 11 is 11.1. The van der Waals surface area contributed by atoms with Crippen molar-refractivity contribution in [1.82, 2.24) is 19.6 Å². The van der Waals surface area contributed by atoms with Crippen molar-refractivity contribution in [2.45, 2.75) is 32.5 Å². The van der Waals surface area contributed by atoms with Gasteiger partial charge in [0.25, 0.3) is 0 Å². The molecule has 0 aliphatic carbocycles. The number of alkyl halides is 1. The zero-order valence-electron chi connectivity index (χ0n) is 12.3. The second-order valence-electron chi connectivity index (χ2n) is 5.09. The second kappa shape index (κ2) is 7.11. The van der Waals surface area contributed by atoms with Gasteiger partial charge in [0.15, 0.2) is 5.82 Å². The number of aromatic nitrogens is 4. The van der Waals surface area contributed by atoms with Crippen LogP contribution in [0.5, 0.6) is 0 Å². The van der Waals surface area contributed by atoms with Gasteiger partial charge in [-0.1, -0.05) is 0 Å². The van der Waals surface area contributed by atoms with Crippen molar-refractivity contribution < 1.29 is 4.39 Å². The van der Waals surface area contributed by atoms with E-state index in [1.807, 2.05) is 11.4 Å². The SMILES string of the molecule is CC(F)CCc1cc2c(NCc3nccs3)nc(Cl)nn2c1Br. The van der Waals surface area contributed by atoms with Crippen molar-refractivity contribution in [3.8, 4) is 0 Å². The lowest BCUT2D eigenvalue weighted by molar-refractivity contribution is 0.341. The van der Waals surface area contributed by atoms with Crippen LogP contribution < -0.4 is 5.32 Å². The molecule has 1 atom stereocenters. The summed E-state index contributed by atoms with van der Waals surface area (Å²) in [4.78, 5) is 8.48. The zero-order chi connectivity index (χ0) is 16.4. The highest BCUT2D eigenvalue weighted by Crippen LogP contribution is 2.28. The largest absolute Gasteiger partial charge is 0.362 e. The number of fused-ring (bicyclic) bond motifs is 1. The van der Waals surface area contributed by atoms with Crippen LogP contribution >= 0.6 is 38.9 Å². The highest BCUT2D eigenvalue weighted by molar-refractivity contribution is 9.10. The molecule has 0 saturated heterocycles.